The third kappa shape index (κ3) is 2.75. The molecule has 0 N–H and O–H groups in total. The van der Waals surface area contributed by atoms with Crippen LogP contribution in [0.2, 0.25) is 5.15 Å². The van der Waals surface area contributed by atoms with Crippen molar-refractivity contribution in [3.63, 3.8) is 0 Å². The molecule has 0 radical (unpaired) electrons. The Hall–Kier alpha value is -0.720. The monoisotopic (exact) mass is 386 g/mol. The van der Waals surface area contributed by atoms with Gasteiger partial charge in [-0.05, 0) is 29.0 Å². The summed E-state index contributed by atoms with van der Waals surface area (Å²) in [6.07, 6.45) is 0.963. The minimum Gasteiger partial charge on any atom is -0.381 e. The maximum Gasteiger partial charge on any atom is 0.146 e. The number of halogens is 2. The summed E-state index contributed by atoms with van der Waals surface area (Å²) in [7, 11) is 0. The van der Waals surface area contributed by atoms with Gasteiger partial charge in [-0.25, -0.2) is 9.97 Å². The van der Waals surface area contributed by atoms with Crippen LogP contribution in [0.15, 0.2) is 30.3 Å². The van der Waals surface area contributed by atoms with Crippen molar-refractivity contribution < 1.29 is 4.74 Å². The largest absolute Gasteiger partial charge is 0.381 e. The second-order valence-electron chi connectivity index (χ2n) is 4.46. The van der Waals surface area contributed by atoms with Crippen LogP contribution in [0.4, 0.5) is 0 Å². The molecule has 3 rings (SSSR count). The van der Waals surface area contributed by atoms with E-state index in [9.17, 15) is 0 Å². The molecule has 0 saturated carbocycles. The van der Waals surface area contributed by atoms with E-state index in [1.165, 1.54) is 0 Å². The van der Waals surface area contributed by atoms with Crippen LogP contribution in [0, 0.1) is 3.57 Å². The second-order valence-corrected chi connectivity index (χ2v) is 5.90. The Balaban J connectivity index is 2.08. The highest BCUT2D eigenvalue weighted by Crippen LogP contribution is 2.31. The zero-order valence-electron chi connectivity index (χ0n) is 10.1. The standard InChI is InChI=1S/C14H12ClIN2O/c15-13-11(16)12(9-4-2-1-3-5-9)17-14(18-13)10-6-7-19-8-10/h1-5,10H,6-8H2. The molecule has 0 bridgehead atoms. The van der Waals surface area contributed by atoms with E-state index in [1.54, 1.807) is 0 Å². The maximum atomic E-state index is 6.25. The van der Waals surface area contributed by atoms with Crippen LogP contribution >= 0.6 is 34.2 Å². The fourth-order valence-corrected chi connectivity index (χ4v) is 2.87. The van der Waals surface area contributed by atoms with Crippen LogP contribution in [0.5, 0.6) is 0 Å². The Morgan fingerprint density at radius 2 is 2.00 bits per heavy atom. The van der Waals surface area contributed by atoms with Gasteiger partial charge in [0.15, 0.2) is 0 Å². The molecule has 1 atom stereocenters. The van der Waals surface area contributed by atoms with Gasteiger partial charge in [0.1, 0.15) is 11.0 Å². The van der Waals surface area contributed by atoms with E-state index in [4.69, 9.17) is 21.3 Å². The molecule has 0 aliphatic carbocycles. The van der Waals surface area contributed by atoms with E-state index in [-0.39, 0.29) is 5.92 Å². The Labute approximate surface area is 130 Å². The zero-order valence-corrected chi connectivity index (χ0v) is 13.1. The smallest absolute Gasteiger partial charge is 0.146 e. The predicted molar refractivity (Wildman–Crippen MR) is 83.4 cm³/mol. The van der Waals surface area contributed by atoms with Crippen molar-refractivity contribution in [3.05, 3.63) is 44.9 Å². The summed E-state index contributed by atoms with van der Waals surface area (Å²) in [6.45, 7) is 1.46. The van der Waals surface area contributed by atoms with Crippen molar-refractivity contribution in [2.45, 2.75) is 12.3 Å². The molecule has 0 amide bonds. The Bertz CT molecular complexity index is 585. The topological polar surface area (TPSA) is 35.0 Å². The van der Waals surface area contributed by atoms with E-state index >= 15 is 0 Å². The highest BCUT2D eigenvalue weighted by atomic mass is 127. The fraction of sp³-hybridized carbons (Fsp3) is 0.286. The molecule has 5 heteroatoms. The first kappa shape index (κ1) is 13.3. The van der Waals surface area contributed by atoms with Crippen molar-refractivity contribution in [3.8, 4) is 11.3 Å². The van der Waals surface area contributed by atoms with E-state index in [1.807, 2.05) is 30.3 Å². The van der Waals surface area contributed by atoms with Gasteiger partial charge in [0.2, 0.25) is 0 Å². The normalized spacial score (nSPS) is 18.7. The van der Waals surface area contributed by atoms with Crippen LogP contribution in [-0.4, -0.2) is 23.2 Å². The third-order valence-electron chi connectivity index (χ3n) is 3.17. The molecule has 19 heavy (non-hydrogen) atoms. The predicted octanol–water partition coefficient (Wildman–Crippen LogP) is 3.91. The summed E-state index contributed by atoms with van der Waals surface area (Å²) >= 11 is 8.45. The molecule has 3 nitrogen and oxygen atoms in total. The molecule has 98 valence electrons. The van der Waals surface area contributed by atoms with Crippen LogP contribution in [-0.2, 0) is 4.74 Å². The van der Waals surface area contributed by atoms with Gasteiger partial charge in [-0.1, -0.05) is 41.9 Å². The number of ether oxygens (including phenoxy) is 1. The van der Waals surface area contributed by atoms with Gasteiger partial charge in [0.25, 0.3) is 0 Å². The lowest BCUT2D eigenvalue weighted by Crippen LogP contribution is -2.07. The number of hydrogen-bond donors (Lipinski definition) is 0. The Morgan fingerprint density at radius 1 is 1.21 bits per heavy atom. The number of hydrogen-bond acceptors (Lipinski definition) is 3. The molecule has 1 aromatic carbocycles. The van der Waals surface area contributed by atoms with Crippen molar-refractivity contribution >= 4 is 34.2 Å². The van der Waals surface area contributed by atoms with Crippen LogP contribution in [0.25, 0.3) is 11.3 Å². The molecule has 1 unspecified atom stereocenters. The average Bonchev–Trinajstić information content (AvgIpc) is 2.97. The Kier molecular flexibility index (Phi) is 4.00. The molecule has 0 spiro atoms. The van der Waals surface area contributed by atoms with Crippen molar-refractivity contribution in [2.24, 2.45) is 0 Å². The van der Waals surface area contributed by atoms with E-state index < -0.39 is 0 Å². The van der Waals surface area contributed by atoms with Crippen LogP contribution in [0.1, 0.15) is 18.2 Å². The summed E-state index contributed by atoms with van der Waals surface area (Å²) in [5.74, 6) is 1.05. The van der Waals surface area contributed by atoms with E-state index in [2.05, 4.69) is 27.6 Å². The van der Waals surface area contributed by atoms with Crippen molar-refractivity contribution in [2.75, 3.05) is 13.2 Å². The molecule has 1 aliphatic rings. The number of benzene rings is 1. The second kappa shape index (κ2) is 5.73. The van der Waals surface area contributed by atoms with Crippen molar-refractivity contribution in [1.29, 1.82) is 0 Å². The van der Waals surface area contributed by atoms with E-state index in [0.29, 0.717) is 11.8 Å². The summed E-state index contributed by atoms with van der Waals surface area (Å²) in [5, 5.41) is 0.524. The number of nitrogens with zero attached hydrogens (tertiary/aromatic N) is 2. The van der Waals surface area contributed by atoms with Gasteiger partial charge in [-0.3, -0.25) is 0 Å². The summed E-state index contributed by atoms with van der Waals surface area (Å²) in [4.78, 5) is 9.11. The minimum absolute atomic E-state index is 0.261. The van der Waals surface area contributed by atoms with Gasteiger partial charge >= 0.3 is 0 Å². The van der Waals surface area contributed by atoms with Gasteiger partial charge in [-0.15, -0.1) is 0 Å². The third-order valence-corrected chi connectivity index (χ3v) is 4.78. The maximum absolute atomic E-state index is 6.25. The molecule has 2 aromatic rings. The quantitative estimate of drug-likeness (QED) is 0.580. The molecular formula is C14H12ClIN2O. The molecule has 1 saturated heterocycles. The highest BCUT2D eigenvalue weighted by molar-refractivity contribution is 14.1. The number of rotatable bonds is 2. The fourth-order valence-electron chi connectivity index (χ4n) is 2.14. The number of aromatic nitrogens is 2. The molecule has 1 aromatic heterocycles. The Morgan fingerprint density at radius 3 is 2.68 bits per heavy atom. The summed E-state index contributed by atoms with van der Waals surface area (Å²) in [5.41, 5.74) is 1.97. The molecule has 2 heterocycles. The van der Waals surface area contributed by atoms with E-state index in [0.717, 1.165) is 33.7 Å². The minimum atomic E-state index is 0.261. The van der Waals surface area contributed by atoms with Gasteiger partial charge in [-0.2, -0.15) is 0 Å². The summed E-state index contributed by atoms with van der Waals surface area (Å²) < 4.78 is 6.30. The molecule has 1 aliphatic heterocycles. The zero-order chi connectivity index (χ0) is 13.2. The average molecular weight is 387 g/mol. The lowest BCUT2D eigenvalue weighted by molar-refractivity contribution is 0.193. The van der Waals surface area contributed by atoms with Gasteiger partial charge in [0.05, 0.1) is 15.9 Å². The first-order valence-electron chi connectivity index (χ1n) is 6.12. The van der Waals surface area contributed by atoms with Crippen LogP contribution in [0.3, 0.4) is 0 Å². The lowest BCUT2D eigenvalue weighted by atomic mass is 10.1. The highest BCUT2D eigenvalue weighted by Gasteiger charge is 2.23. The molecule has 1 fully saturated rings. The lowest BCUT2D eigenvalue weighted by Gasteiger charge is -2.11. The van der Waals surface area contributed by atoms with Crippen LogP contribution < -0.4 is 0 Å². The summed E-state index contributed by atoms with van der Waals surface area (Å²) in [6, 6.07) is 10.1. The molecular weight excluding hydrogens is 375 g/mol. The first-order chi connectivity index (χ1) is 9.25. The van der Waals surface area contributed by atoms with Gasteiger partial charge in [0, 0.05) is 18.1 Å². The van der Waals surface area contributed by atoms with Gasteiger partial charge < -0.3 is 4.74 Å². The van der Waals surface area contributed by atoms with Crippen molar-refractivity contribution in [1.82, 2.24) is 9.97 Å². The first-order valence-corrected chi connectivity index (χ1v) is 7.57. The SMILES string of the molecule is Clc1nc(C2CCOC2)nc(-c2ccccc2)c1I.